The molecule has 0 atom stereocenters. The molecule has 0 fully saturated rings. The summed E-state index contributed by atoms with van der Waals surface area (Å²) in [5.41, 5.74) is 0. The second-order valence-corrected chi connectivity index (χ2v) is 0. The zero-order valence-electron chi connectivity index (χ0n) is 3.95. The van der Waals surface area contributed by atoms with Gasteiger partial charge in [-0.3, -0.25) is 0 Å². The van der Waals surface area contributed by atoms with Gasteiger partial charge in [0.15, 0.2) is 0 Å². The third-order valence-corrected chi connectivity index (χ3v) is 0. The molecule has 44 valence electrons. The molecule has 0 aliphatic carbocycles. The molecule has 0 N–H and O–H groups in total. The van der Waals surface area contributed by atoms with Gasteiger partial charge < -0.3 is 0 Å². The number of rotatable bonds is 0. The van der Waals surface area contributed by atoms with E-state index in [0.717, 1.165) is 0 Å². The van der Waals surface area contributed by atoms with Gasteiger partial charge in [0.1, 0.15) is 0 Å². The van der Waals surface area contributed by atoms with Crippen LogP contribution in [0, 0.1) is 0 Å². The molecule has 0 aromatic carbocycles. The quantitative estimate of drug-likeness (QED) is 0.513. The average molecular weight is 419 g/mol. The van der Waals surface area contributed by atoms with Gasteiger partial charge in [0.2, 0.25) is 0 Å². The molecule has 0 saturated carbocycles. The molecular weight excluding hydrogens is 415 g/mol. The molecule has 0 bridgehead atoms. The van der Waals surface area contributed by atoms with Crippen LogP contribution in [-0.4, -0.2) is 103 Å². The van der Waals surface area contributed by atoms with Crippen molar-refractivity contribution in [2.75, 3.05) is 0 Å². The monoisotopic (exact) mass is 417 g/mol. The summed E-state index contributed by atoms with van der Waals surface area (Å²) in [6, 6.07) is 0. The molecule has 0 heterocycles. The topological polar surface area (TPSA) is 0 Å². The van der Waals surface area contributed by atoms with E-state index in [2.05, 4.69) is 0 Å². The molecule has 0 aromatic heterocycles. The van der Waals surface area contributed by atoms with E-state index in [1.54, 1.807) is 0 Å². The maximum Gasteiger partial charge on any atom is 0 e. The zero-order valence-corrected chi connectivity index (χ0v) is 15.7. The minimum absolute atomic E-state index is 0. The fraction of sp³-hybridized carbons (Fsp3) is 0. The molecule has 0 saturated heterocycles. The van der Waals surface area contributed by atoms with Gasteiger partial charge in [-0.25, -0.2) is 0 Å². The van der Waals surface area contributed by atoms with Crippen molar-refractivity contribution in [3.8, 4) is 0 Å². The van der Waals surface area contributed by atoms with Gasteiger partial charge in [-0.05, 0) is 0 Å². The van der Waals surface area contributed by atoms with Gasteiger partial charge in [-0.2, -0.15) is 0 Å². The molecule has 7 heavy (non-hydrogen) atoms. The average Bonchev–Trinajstić information content (AvgIpc) is 0. The molecule has 7 heteroatoms. The molecular formula is H4Cl4K2Pt. The van der Waals surface area contributed by atoms with E-state index in [0.29, 0.717) is 0 Å². The first kappa shape index (κ1) is 57.2. The minimum atomic E-state index is 0. The van der Waals surface area contributed by atoms with Gasteiger partial charge in [-0.15, -0.1) is 49.6 Å². The zero-order chi connectivity index (χ0) is 0. The molecule has 0 unspecified atom stereocenters. The van der Waals surface area contributed by atoms with Crippen LogP contribution in [0.3, 0.4) is 0 Å². The Hall–Kier alpha value is 5.12. The molecule has 0 nitrogen and oxygen atoms in total. The first-order chi connectivity index (χ1) is 0. The normalized spacial score (nSPS) is 0. The van der Waals surface area contributed by atoms with E-state index in [-0.39, 0.29) is 173 Å². The Morgan fingerprint density at radius 2 is 0.429 bits per heavy atom. The van der Waals surface area contributed by atoms with E-state index < -0.39 is 0 Å². The Morgan fingerprint density at radius 1 is 0.429 bits per heavy atom. The van der Waals surface area contributed by atoms with Gasteiger partial charge in [0.05, 0.1) is 0 Å². The molecule has 0 aromatic rings. The van der Waals surface area contributed by atoms with Crippen molar-refractivity contribution < 1.29 is 21.1 Å². The van der Waals surface area contributed by atoms with Crippen molar-refractivity contribution >= 4 is 152 Å². The van der Waals surface area contributed by atoms with Crippen LogP contribution >= 0.6 is 49.6 Å². The molecule has 2 radical (unpaired) electrons. The largest absolute Gasteiger partial charge is 0.147 e. The van der Waals surface area contributed by atoms with Crippen molar-refractivity contribution in [1.82, 2.24) is 0 Å². The fourth-order valence-electron chi connectivity index (χ4n) is 0. The van der Waals surface area contributed by atoms with Crippen molar-refractivity contribution in [2.45, 2.75) is 0 Å². The summed E-state index contributed by atoms with van der Waals surface area (Å²) < 4.78 is 0. The Balaban J connectivity index is 0. The Labute approximate surface area is 168 Å². The summed E-state index contributed by atoms with van der Waals surface area (Å²) in [4.78, 5) is 0. The van der Waals surface area contributed by atoms with Crippen LogP contribution in [0.1, 0.15) is 0 Å². The van der Waals surface area contributed by atoms with Crippen molar-refractivity contribution in [3.05, 3.63) is 0 Å². The first-order valence-electron chi connectivity index (χ1n) is 0. The van der Waals surface area contributed by atoms with E-state index >= 15 is 0 Å². The minimum Gasteiger partial charge on any atom is -0.147 e. The maximum atomic E-state index is 0. The first-order valence-corrected chi connectivity index (χ1v) is 0. The fourth-order valence-corrected chi connectivity index (χ4v) is 0. The standard InChI is InChI=1S/4ClH.2K.Pt/h4*1H;;;. The Morgan fingerprint density at radius 3 is 0.429 bits per heavy atom. The molecule has 0 rings (SSSR count). The van der Waals surface area contributed by atoms with E-state index in [1.807, 2.05) is 0 Å². The summed E-state index contributed by atoms with van der Waals surface area (Å²) in [5.74, 6) is 0. The van der Waals surface area contributed by atoms with Crippen LogP contribution in [0.15, 0.2) is 0 Å². The summed E-state index contributed by atoms with van der Waals surface area (Å²) >= 11 is 0. The van der Waals surface area contributed by atoms with Crippen LogP contribution in [0.2, 0.25) is 0 Å². The van der Waals surface area contributed by atoms with Gasteiger partial charge in [-0.1, -0.05) is 0 Å². The van der Waals surface area contributed by atoms with Gasteiger partial charge >= 0.3 is 0 Å². The molecule has 0 amide bonds. The number of hydrogen-bond donors (Lipinski definition) is 0. The summed E-state index contributed by atoms with van der Waals surface area (Å²) in [5, 5.41) is 0. The summed E-state index contributed by atoms with van der Waals surface area (Å²) in [7, 11) is 0. The van der Waals surface area contributed by atoms with Crippen molar-refractivity contribution in [1.29, 1.82) is 0 Å². The van der Waals surface area contributed by atoms with Gasteiger partial charge in [0.25, 0.3) is 0 Å². The van der Waals surface area contributed by atoms with Crippen LogP contribution < -0.4 is 0 Å². The Kier molecular flexibility index (Phi) is 355. The smallest absolute Gasteiger partial charge is 0 e. The summed E-state index contributed by atoms with van der Waals surface area (Å²) in [6.07, 6.45) is 0. The number of hydrogen-bond acceptors (Lipinski definition) is 0. The van der Waals surface area contributed by atoms with Crippen LogP contribution in [0.5, 0.6) is 0 Å². The third-order valence-electron chi connectivity index (χ3n) is 0. The molecule has 0 aliphatic heterocycles. The molecule has 0 spiro atoms. The van der Waals surface area contributed by atoms with E-state index in [4.69, 9.17) is 0 Å². The van der Waals surface area contributed by atoms with E-state index in [1.165, 1.54) is 0 Å². The second kappa shape index (κ2) is 43.4. The predicted molar refractivity (Wildman–Crippen MR) is 40.5 cm³/mol. The van der Waals surface area contributed by atoms with Crippen LogP contribution in [0.4, 0.5) is 0 Å². The van der Waals surface area contributed by atoms with Crippen molar-refractivity contribution in [3.63, 3.8) is 0 Å². The van der Waals surface area contributed by atoms with Crippen LogP contribution in [0.25, 0.3) is 0 Å². The predicted octanol–water partition coefficient (Wildman–Crippen LogP) is 0.923. The van der Waals surface area contributed by atoms with Crippen molar-refractivity contribution in [2.24, 2.45) is 0 Å². The van der Waals surface area contributed by atoms with Gasteiger partial charge in [0, 0.05) is 124 Å². The SMILES string of the molecule is Cl.Cl.Cl.Cl.[K].[K].[Pt]. The Bertz CT molecular complexity index is 9.65. The second-order valence-electron chi connectivity index (χ2n) is 0. The van der Waals surface area contributed by atoms with Crippen LogP contribution in [-0.2, 0) is 21.1 Å². The third kappa shape index (κ3) is 35.3. The number of halogens is 4. The van der Waals surface area contributed by atoms with E-state index in [9.17, 15) is 0 Å². The summed E-state index contributed by atoms with van der Waals surface area (Å²) in [6.45, 7) is 0. The maximum absolute atomic E-state index is 0. The molecule has 0 aliphatic rings.